The van der Waals surface area contributed by atoms with Crippen molar-refractivity contribution < 1.29 is 0 Å². The van der Waals surface area contributed by atoms with E-state index in [4.69, 9.17) is 0 Å². The fourth-order valence-corrected chi connectivity index (χ4v) is 1.68. The molecule has 0 amide bonds. The highest BCUT2D eigenvalue weighted by molar-refractivity contribution is 5.75. The molecule has 1 aliphatic carbocycles. The molecule has 0 heterocycles. The van der Waals surface area contributed by atoms with Crippen molar-refractivity contribution in [2.45, 2.75) is 20.3 Å². The van der Waals surface area contributed by atoms with Crippen molar-refractivity contribution >= 4 is 5.57 Å². The summed E-state index contributed by atoms with van der Waals surface area (Å²) in [5.74, 6) is 0. The standard InChI is InChI=1S/C14H15/c1-11-6-8-13(9-7-11)14-5-3-4-12(2)10-14/h4-10H,3H2,1-2H3. The minimum Gasteiger partial charge on any atom is -0.0810 e. The summed E-state index contributed by atoms with van der Waals surface area (Å²) in [5, 5.41) is 0. The van der Waals surface area contributed by atoms with Crippen LogP contribution in [0.1, 0.15) is 24.5 Å². The molecule has 0 fully saturated rings. The lowest BCUT2D eigenvalue weighted by molar-refractivity contribution is 1.22. The van der Waals surface area contributed by atoms with Crippen LogP contribution >= 0.6 is 0 Å². The third-order valence-electron chi connectivity index (χ3n) is 2.55. The SMILES string of the molecule is CC1=CC[CH]C(c2ccc(C)cc2)=C1. The summed E-state index contributed by atoms with van der Waals surface area (Å²) < 4.78 is 0. The molecule has 1 aromatic carbocycles. The highest BCUT2D eigenvalue weighted by Gasteiger charge is 2.04. The van der Waals surface area contributed by atoms with Crippen molar-refractivity contribution in [3.63, 3.8) is 0 Å². The molecule has 0 atom stereocenters. The summed E-state index contributed by atoms with van der Waals surface area (Å²) in [6.45, 7) is 4.27. The molecule has 0 N–H and O–H groups in total. The first kappa shape index (κ1) is 9.26. The molecule has 1 aliphatic rings. The molecule has 0 unspecified atom stereocenters. The molecular weight excluding hydrogens is 168 g/mol. The summed E-state index contributed by atoms with van der Waals surface area (Å²) >= 11 is 0. The molecule has 1 radical (unpaired) electrons. The maximum atomic E-state index is 2.28. The van der Waals surface area contributed by atoms with Crippen LogP contribution in [0.3, 0.4) is 0 Å². The second-order valence-electron chi connectivity index (χ2n) is 3.85. The van der Waals surface area contributed by atoms with E-state index in [2.05, 4.69) is 56.7 Å². The molecule has 0 saturated heterocycles. The number of rotatable bonds is 1. The van der Waals surface area contributed by atoms with Gasteiger partial charge in [-0.3, -0.25) is 0 Å². The van der Waals surface area contributed by atoms with Gasteiger partial charge in [-0.2, -0.15) is 0 Å². The fourth-order valence-electron chi connectivity index (χ4n) is 1.68. The van der Waals surface area contributed by atoms with Crippen molar-refractivity contribution in [2.75, 3.05) is 0 Å². The largest absolute Gasteiger partial charge is 0.0810 e. The van der Waals surface area contributed by atoms with E-state index in [0.717, 1.165) is 6.42 Å². The first-order valence-corrected chi connectivity index (χ1v) is 5.04. The van der Waals surface area contributed by atoms with Crippen LogP contribution in [-0.2, 0) is 0 Å². The van der Waals surface area contributed by atoms with Gasteiger partial charge in [0.05, 0.1) is 0 Å². The molecule has 0 heteroatoms. The zero-order chi connectivity index (χ0) is 9.97. The van der Waals surface area contributed by atoms with Crippen molar-refractivity contribution in [1.82, 2.24) is 0 Å². The van der Waals surface area contributed by atoms with E-state index in [1.165, 1.54) is 22.3 Å². The predicted octanol–water partition coefficient (Wildman–Crippen LogP) is 3.93. The van der Waals surface area contributed by atoms with Gasteiger partial charge in [-0.1, -0.05) is 47.6 Å². The van der Waals surface area contributed by atoms with Crippen LogP contribution in [0.4, 0.5) is 0 Å². The summed E-state index contributed by atoms with van der Waals surface area (Å²) in [6.07, 6.45) is 7.83. The smallest absolute Gasteiger partial charge is 0.00491 e. The van der Waals surface area contributed by atoms with E-state index >= 15 is 0 Å². The molecule has 2 rings (SSSR count). The first-order chi connectivity index (χ1) is 6.75. The Hall–Kier alpha value is -1.30. The number of benzene rings is 1. The van der Waals surface area contributed by atoms with Crippen LogP contribution in [0.5, 0.6) is 0 Å². The van der Waals surface area contributed by atoms with Gasteiger partial charge in [-0.15, -0.1) is 0 Å². The van der Waals surface area contributed by atoms with Crippen molar-refractivity contribution in [2.24, 2.45) is 0 Å². The normalized spacial score (nSPS) is 16.1. The Bertz CT molecular complexity index is 377. The Kier molecular flexibility index (Phi) is 2.53. The molecule has 14 heavy (non-hydrogen) atoms. The molecule has 0 nitrogen and oxygen atoms in total. The Morgan fingerprint density at radius 2 is 1.71 bits per heavy atom. The van der Waals surface area contributed by atoms with Crippen LogP contribution in [0.15, 0.2) is 42.0 Å². The summed E-state index contributed by atoms with van der Waals surface area (Å²) in [4.78, 5) is 0. The van der Waals surface area contributed by atoms with Gasteiger partial charge in [0, 0.05) is 0 Å². The molecule has 1 aromatic rings. The van der Waals surface area contributed by atoms with Crippen LogP contribution in [0, 0.1) is 13.3 Å². The van der Waals surface area contributed by atoms with E-state index in [0.29, 0.717) is 0 Å². The lowest BCUT2D eigenvalue weighted by atomic mass is 9.94. The molecule has 0 saturated carbocycles. The molecular formula is C14H15. The number of hydrogen-bond donors (Lipinski definition) is 0. The number of hydrogen-bond acceptors (Lipinski definition) is 0. The quantitative estimate of drug-likeness (QED) is 0.618. The van der Waals surface area contributed by atoms with Gasteiger partial charge < -0.3 is 0 Å². The highest BCUT2D eigenvalue weighted by atomic mass is 14.1. The fraction of sp³-hybridized carbons (Fsp3) is 0.214. The van der Waals surface area contributed by atoms with Gasteiger partial charge in [0.15, 0.2) is 0 Å². The minimum absolute atomic E-state index is 1.06. The summed E-state index contributed by atoms with van der Waals surface area (Å²) in [7, 11) is 0. The predicted molar refractivity (Wildman–Crippen MR) is 61.8 cm³/mol. The monoisotopic (exact) mass is 183 g/mol. The van der Waals surface area contributed by atoms with Crippen molar-refractivity contribution in [1.29, 1.82) is 0 Å². The Balaban J connectivity index is 2.31. The van der Waals surface area contributed by atoms with Gasteiger partial charge in [-0.05, 0) is 37.8 Å². The van der Waals surface area contributed by atoms with Crippen LogP contribution in [0.25, 0.3) is 5.57 Å². The van der Waals surface area contributed by atoms with Crippen molar-refractivity contribution in [3.8, 4) is 0 Å². The Morgan fingerprint density at radius 1 is 1.00 bits per heavy atom. The van der Waals surface area contributed by atoms with Gasteiger partial charge >= 0.3 is 0 Å². The lowest BCUT2D eigenvalue weighted by Gasteiger charge is -2.11. The van der Waals surface area contributed by atoms with Crippen LogP contribution in [0.2, 0.25) is 0 Å². The Labute approximate surface area is 86.0 Å². The topological polar surface area (TPSA) is 0 Å². The third kappa shape index (κ3) is 1.95. The summed E-state index contributed by atoms with van der Waals surface area (Å²) in [6, 6.07) is 8.71. The molecule has 0 aliphatic heterocycles. The summed E-state index contributed by atoms with van der Waals surface area (Å²) in [5.41, 5.74) is 5.36. The van der Waals surface area contributed by atoms with E-state index in [1.54, 1.807) is 0 Å². The van der Waals surface area contributed by atoms with E-state index in [1.807, 2.05) is 0 Å². The van der Waals surface area contributed by atoms with Gasteiger partial charge in [0.2, 0.25) is 0 Å². The lowest BCUT2D eigenvalue weighted by Crippen LogP contribution is -1.91. The molecule has 0 aromatic heterocycles. The highest BCUT2D eigenvalue weighted by Crippen LogP contribution is 2.25. The second kappa shape index (κ2) is 3.83. The molecule has 0 bridgehead atoms. The maximum absolute atomic E-state index is 2.28. The first-order valence-electron chi connectivity index (χ1n) is 5.04. The average molecular weight is 183 g/mol. The zero-order valence-electron chi connectivity index (χ0n) is 8.75. The average Bonchev–Trinajstić information content (AvgIpc) is 2.19. The zero-order valence-corrected chi connectivity index (χ0v) is 8.75. The van der Waals surface area contributed by atoms with Crippen LogP contribution < -0.4 is 0 Å². The number of allylic oxidation sites excluding steroid dienone is 4. The van der Waals surface area contributed by atoms with Gasteiger partial charge in [0.25, 0.3) is 0 Å². The van der Waals surface area contributed by atoms with Gasteiger partial charge in [0.1, 0.15) is 0 Å². The molecule has 0 spiro atoms. The van der Waals surface area contributed by atoms with E-state index in [9.17, 15) is 0 Å². The van der Waals surface area contributed by atoms with E-state index < -0.39 is 0 Å². The minimum atomic E-state index is 1.06. The number of aryl methyl sites for hydroxylation is 1. The molecule has 71 valence electrons. The van der Waals surface area contributed by atoms with Gasteiger partial charge in [-0.25, -0.2) is 0 Å². The maximum Gasteiger partial charge on any atom is -0.00491 e. The second-order valence-corrected chi connectivity index (χ2v) is 3.85. The van der Waals surface area contributed by atoms with E-state index in [-0.39, 0.29) is 0 Å². The van der Waals surface area contributed by atoms with Crippen LogP contribution in [-0.4, -0.2) is 0 Å². The third-order valence-corrected chi connectivity index (χ3v) is 2.55. The van der Waals surface area contributed by atoms with Crippen molar-refractivity contribution in [3.05, 3.63) is 59.5 Å². The Morgan fingerprint density at radius 3 is 2.36 bits per heavy atom.